The number of ether oxygens (including phenoxy) is 2. The van der Waals surface area contributed by atoms with Crippen molar-refractivity contribution in [2.45, 2.75) is 32.4 Å². The Kier molecular flexibility index (Phi) is 5.81. The lowest BCUT2D eigenvalue weighted by Gasteiger charge is -2.30. The standard InChI is InChI=1S/C23H28N2O3/c1-17-10-12-25(13-11-17)15-18-6-8-19(9-7-18)23(26)24-14-20-16-27-21-4-2-3-5-22(21)28-20/h2-9,17,20H,10-16H2,1H3,(H,24,26). The number of likely N-dealkylation sites (tertiary alicyclic amines) is 1. The Hall–Kier alpha value is -2.53. The quantitative estimate of drug-likeness (QED) is 0.863. The fraction of sp³-hybridized carbons (Fsp3) is 0.435. The first-order valence-electron chi connectivity index (χ1n) is 10.2. The minimum atomic E-state index is -0.181. The number of rotatable bonds is 5. The van der Waals surface area contributed by atoms with Crippen LogP contribution in [0, 0.1) is 5.92 Å². The molecule has 1 amide bonds. The molecule has 2 aliphatic rings. The Labute approximate surface area is 166 Å². The van der Waals surface area contributed by atoms with Gasteiger partial charge in [-0.05, 0) is 61.7 Å². The highest BCUT2D eigenvalue weighted by Crippen LogP contribution is 2.30. The summed E-state index contributed by atoms with van der Waals surface area (Å²) in [4.78, 5) is 14.9. The van der Waals surface area contributed by atoms with Gasteiger partial charge in [0.25, 0.3) is 5.91 Å². The zero-order valence-electron chi connectivity index (χ0n) is 16.4. The van der Waals surface area contributed by atoms with E-state index in [1.807, 2.05) is 36.4 Å². The molecule has 4 rings (SSSR count). The van der Waals surface area contributed by atoms with Crippen LogP contribution in [0.3, 0.4) is 0 Å². The molecule has 2 aliphatic heterocycles. The van der Waals surface area contributed by atoms with Gasteiger partial charge in [0, 0.05) is 12.1 Å². The van der Waals surface area contributed by atoms with E-state index in [0.29, 0.717) is 18.7 Å². The first-order valence-corrected chi connectivity index (χ1v) is 10.2. The first-order chi connectivity index (χ1) is 13.7. The summed E-state index contributed by atoms with van der Waals surface area (Å²) in [6.07, 6.45) is 2.37. The van der Waals surface area contributed by atoms with Crippen LogP contribution in [-0.2, 0) is 6.54 Å². The van der Waals surface area contributed by atoms with Crippen LogP contribution in [0.2, 0.25) is 0 Å². The van der Waals surface area contributed by atoms with Crippen LogP contribution in [0.4, 0.5) is 0 Å². The second kappa shape index (κ2) is 8.65. The summed E-state index contributed by atoms with van der Waals surface area (Å²) in [5.74, 6) is 2.24. The third-order valence-corrected chi connectivity index (χ3v) is 5.56. The van der Waals surface area contributed by atoms with Gasteiger partial charge in [-0.25, -0.2) is 0 Å². The summed E-state index contributed by atoms with van der Waals surface area (Å²) in [6, 6.07) is 15.5. The predicted molar refractivity (Wildman–Crippen MR) is 109 cm³/mol. The van der Waals surface area contributed by atoms with E-state index in [2.05, 4.69) is 29.3 Å². The van der Waals surface area contributed by atoms with E-state index in [9.17, 15) is 4.79 Å². The Morgan fingerprint density at radius 2 is 1.79 bits per heavy atom. The average molecular weight is 380 g/mol. The molecular formula is C23H28N2O3. The summed E-state index contributed by atoms with van der Waals surface area (Å²) in [7, 11) is 0. The van der Waals surface area contributed by atoms with Gasteiger partial charge >= 0.3 is 0 Å². The third kappa shape index (κ3) is 4.65. The molecule has 1 atom stereocenters. The van der Waals surface area contributed by atoms with Gasteiger partial charge in [-0.2, -0.15) is 0 Å². The number of hydrogen-bond donors (Lipinski definition) is 1. The van der Waals surface area contributed by atoms with Gasteiger partial charge in [-0.3, -0.25) is 9.69 Å². The van der Waals surface area contributed by atoms with Crippen molar-refractivity contribution in [2.24, 2.45) is 5.92 Å². The molecule has 2 aromatic rings. The number of fused-ring (bicyclic) bond motifs is 1. The SMILES string of the molecule is CC1CCN(Cc2ccc(C(=O)NCC3COc4ccccc4O3)cc2)CC1. The van der Waals surface area contributed by atoms with Crippen LogP contribution in [0.15, 0.2) is 48.5 Å². The normalized spacial score (nSPS) is 20.0. The zero-order chi connectivity index (χ0) is 19.3. The summed E-state index contributed by atoms with van der Waals surface area (Å²) in [5, 5.41) is 2.95. The van der Waals surface area contributed by atoms with Crippen molar-refractivity contribution < 1.29 is 14.3 Å². The molecule has 1 N–H and O–H groups in total. The van der Waals surface area contributed by atoms with Gasteiger partial charge < -0.3 is 14.8 Å². The third-order valence-electron chi connectivity index (χ3n) is 5.56. The van der Waals surface area contributed by atoms with E-state index in [-0.39, 0.29) is 12.0 Å². The Bertz CT molecular complexity index is 798. The van der Waals surface area contributed by atoms with E-state index >= 15 is 0 Å². The fourth-order valence-electron chi connectivity index (χ4n) is 3.71. The molecule has 5 nitrogen and oxygen atoms in total. The molecule has 148 valence electrons. The van der Waals surface area contributed by atoms with E-state index < -0.39 is 0 Å². The molecule has 0 radical (unpaired) electrons. The zero-order valence-corrected chi connectivity index (χ0v) is 16.4. The number of benzene rings is 2. The topological polar surface area (TPSA) is 50.8 Å². The first kappa shape index (κ1) is 18.8. The van der Waals surface area contributed by atoms with E-state index in [1.165, 1.54) is 18.4 Å². The van der Waals surface area contributed by atoms with Crippen LogP contribution in [0.5, 0.6) is 11.5 Å². The van der Waals surface area contributed by atoms with Crippen LogP contribution >= 0.6 is 0 Å². The highest BCUT2D eigenvalue weighted by atomic mass is 16.6. The van der Waals surface area contributed by atoms with Gasteiger partial charge in [0.05, 0.1) is 6.54 Å². The molecule has 0 saturated carbocycles. The van der Waals surface area contributed by atoms with E-state index in [0.717, 1.165) is 37.1 Å². The lowest BCUT2D eigenvalue weighted by molar-refractivity contribution is 0.0789. The molecule has 0 bridgehead atoms. The van der Waals surface area contributed by atoms with Crippen molar-refractivity contribution in [3.05, 3.63) is 59.7 Å². The number of carbonyl (C=O) groups is 1. The molecule has 2 aromatic carbocycles. The number of nitrogens with zero attached hydrogens (tertiary/aromatic N) is 1. The predicted octanol–water partition coefficient (Wildman–Crippen LogP) is 3.49. The largest absolute Gasteiger partial charge is 0.486 e. The van der Waals surface area contributed by atoms with E-state index in [4.69, 9.17) is 9.47 Å². The summed E-state index contributed by atoms with van der Waals surface area (Å²) in [5.41, 5.74) is 1.93. The molecule has 28 heavy (non-hydrogen) atoms. The van der Waals surface area contributed by atoms with Gasteiger partial charge in [0.15, 0.2) is 11.5 Å². The molecule has 2 heterocycles. The maximum absolute atomic E-state index is 12.5. The number of hydrogen-bond acceptors (Lipinski definition) is 4. The summed E-state index contributed by atoms with van der Waals surface area (Å²) in [6.45, 7) is 6.47. The molecule has 1 fully saturated rings. The Morgan fingerprint density at radius 1 is 1.07 bits per heavy atom. The van der Waals surface area contributed by atoms with Crippen molar-refractivity contribution in [1.82, 2.24) is 10.2 Å². The number of para-hydroxylation sites is 2. The van der Waals surface area contributed by atoms with E-state index in [1.54, 1.807) is 0 Å². The lowest BCUT2D eigenvalue weighted by Crippen LogP contribution is -2.40. The van der Waals surface area contributed by atoms with Crippen molar-refractivity contribution in [2.75, 3.05) is 26.2 Å². The second-order valence-corrected chi connectivity index (χ2v) is 7.86. The lowest BCUT2D eigenvalue weighted by atomic mass is 9.99. The van der Waals surface area contributed by atoms with Crippen molar-refractivity contribution in [1.29, 1.82) is 0 Å². The van der Waals surface area contributed by atoms with Crippen molar-refractivity contribution >= 4 is 5.91 Å². The average Bonchev–Trinajstić information content (AvgIpc) is 2.74. The Balaban J connectivity index is 1.26. The number of nitrogens with one attached hydrogen (secondary N) is 1. The summed E-state index contributed by atoms with van der Waals surface area (Å²) >= 11 is 0. The highest BCUT2D eigenvalue weighted by Gasteiger charge is 2.21. The molecule has 1 saturated heterocycles. The van der Waals surface area contributed by atoms with Crippen molar-refractivity contribution in [3.8, 4) is 11.5 Å². The van der Waals surface area contributed by atoms with Crippen LogP contribution in [0.25, 0.3) is 0 Å². The molecule has 0 aromatic heterocycles. The van der Waals surface area contributed by atoms with Gasteiger partial charge in [-0.15, -0.1) is 0 Å². The second-order valence-electron chi connectivity index (χ2n) is 7.86. The molecule has 5 heteroatoms. The van der Waals surface area contributed by atoms with Gasteiger partial charge in [-0.1, -0.05) is 31.2 Å². The fourth-order valence-corrected chi connectivity index (χ4v) is 3.71. The van der Waals surface area contributed by atoms with Gasteiger partial charge in [0.2, 0.25) is 0 Å². The number of carbonyl (C=O) groups excluding carboxylic acids is 1. The number of piperidine rings is 1. The van der Waals surface area contributed by atoms with Crippen LogP contribution < -0.4 is 14.8 Å². The minimum absolute atomic E-state index is 0.0826. The van der Waals surface area contributed by atoms with Crippen LogP contribution in [-0.4, -0.2) is 43.2 Å². The molecule has 1 unspecified atom stereocenters. The molecule has 0 aliphatic carbocycles. The Morgan fingerprint density at radius 3 is 2.54 bits per heavy atom. The maximum atomic E-state index is 12.5. The molecular weight excluding hydrogens is 352 g/mol. The number of amides is 1. The highest BCUT2D eigenvalue weighted by molar-refractivity contribution is 5.94. The molecule has 0 spiro atoms. The van der Waals surface area contributed by atoms with Crippen molar-refractivity contribution in [3.63, 3.8) is 0 Å². The van der Waals surface area contributed by atoms with Gasteiger partial charge in [0.1, 0.15) is 12.7 Å². The van der Waals surface area contributed by atoms with Crippen LogP contribution in [0.1, 0.15) is 35.7 Å². The smallest absolute Gasteiger partial charge is 0.251 e. The minimum Gasteiger partial charge on any atom is -0.486 e. The summed E-state index contributed by atoms with van der Waals surface area (Å²) < 4.78 is 11.6. The maximum Gasteiger partial charge on any atom is 0.251 e. The monoisotopic (exact) mass is 380 g/mol.